The van der Waals surface area contributed by atoms with E-state index in [0.29, 0.717) is 22.9 Å². The molecule has 0 radical (unpaired) electrons. The summed E-state index contributed by atoms with van der Waals surface area (Å²) in [5, 5.41) is 7.34. The van der Waals surface area contributed by atoms with Gasteiger partial charge < -0.3 is 20.1 Å². The zero-order chi connectivity index (χ0) is 23.1. The Labute approximate surface area is 181 Å². The van der Waals surface area contributed by atoms with Crippen LogP contribution in [0.5, 0.6) is 0 Å². The van der Waals surface area contributed by atoms with Gasteiger partial charge in [-0.15, -0.1) is 11.3 Å². The number of thiophene rings is 1. The summed E-state index contributed by atoms with van der Waals surface area (Å²) >= 11 is 1.22. The maximum absolute atomic E-state index is 12.4. The molecule has 0 saturated heterocycles. The monoisotopic (exact) mass is 440 g/mol. The summed E-state index contributed by atoms with van der Waals surface area (Å²) in [7, 11) is 0. The van der Waals surface area contributed by atoms with Gasteiger partial charge in [-0.25, -0.2) is 9.59 Å². The molecule has 1 aromatic rings. The number of nitrogens with one attached hydrogen (secondary N) is 2. The maximum Gasteiger partial charge on any atom is 0.341 e. The van der Waals surface area contributed by atoms with Crippen molar-refractivity contribution in [1.29, 1.82) is 0 Å². The van der Waals surface area contributed by atoms with Gasteiger partial charge in [-0.3, -0.25) is 9.59 Å². The van der Waals surface area contributed by atoms with E-state index in [1.165, 1.54) is 18.3 Å². The van der Waals surface area contributed by atoms with Gasteiger partial charge in [-0.2, -0.15) is 0 Å². The molecule has 1 heterocycles. The van der Waals surface area contributed by atoms with Crippen LogP contribution in [0, 0.1) is 11.3 Å². The molecule has 168 valence electrons. The Balaban J connectivity index is 2.74. The van der Waals surface area contributed by atoms with E-state index in [4.69, 9.17) is 9.47 Å². The van der Waals surface area contributed by atoms with Crippen LogP contribution >= 0.6 is 11.3 Å². The van der Waals surface area contributed by atoms with Gasteiger partial charge in [0.2, 0.25) is 5.91 Å². The Morgan fingerprint density at radius 2 is 1.73 bits per heavy atom. The van der Waals surface area contributed by atoms with Gasteiger partial charge in [0.15, 0.2) is 6.61 Å². The largest absolute Gasteiger partial charge is 0.462 e. The molecule has 8 nitrogen and oxygen atoms in total. The molecule has 0 saturated carbocycles. The lowest BCUT2D eigenvalue weighted by atomic mass is 9.95. The standard InChI is InChI=1S/C21H32N2O6S/c1-8-28-19(26)16-14(9-12(2)3)11-30-17(16)23-15(24)10-29-18(25)13(4)22-20(27)21(5,6)7/h11-13H,8-10H2,1-7H3,(H,22,27)(H,23,24). The fraction of sp³-hybridized carbons (Fsp3) is 0.619. The molecule has 30 heavy (non-hydrogen) atoms. The van der Waals surface area contributed by atoms with Crippen molar-refractivity contribution in [2.45, 2.75) is 60.9 Å². The zero-order valence-corrected chi connectivity index (χ0v) is 19.5. The Morgan fingerprint density at radius 1 is 1.10 bits per heavy atom. The van der Waals surface area contributed by atoms with Gasteiger partial charge in [0.25, 0.3) is 5.91 Å². The molecule has 2 N–H and O–H groups in total. The van der Waals surface area contributed by atoms with Gasteiger partial charge in [-0.05, 0) is 37.1 Å². The lowest BCUT2D eigenvalue weighted by molar-refractivity contribution is -0.150. The lowest BCUT2D eigenvalue weighted by Gasteiger charge is -2.20. The minimum atomic E-state index is -0.890. The van der Waals surface area contributed by atoms with Crippen molar-refractivity contribution >= 4 is 40.1 Å². The molecule has 0 spiro atoms. The fourth-order valence-corrected chi connectivity index (χ4v) is 3.38. The zero-order valence-electron chi connectivity index (χ0n) is 18.7. The number of rotatable bonds is 9. The van der Waals surface area contributed by atoms with Crippen molar-refractivity contribution in [2.75, 3.05) is 18.5 Å². The van der Waals surface area contributed by atoms with E-state index >= 15 is 0 Å². The van der Waals surface area contributed by atoms with Crippen LogP contribution in [0.25, 0.3) is 0 Å². The van der Waals surface area contributed by atoms with Gasteiger partial charge in [-0.1, -0.05) is 34.6 Å². The Hall–Kier alpha value is -2.42. The quantitative estimate of drug-likeness (QED) is 0.571. The average molecular weight is 441 g/mol. The number of esters is 2. The molecule has 1 aromatic heterocycles. The molecule has 2 amide bonds. The summed E-state index contributed by atoms with van der Waals surface area (Å²) in [5.41, 5.74) is 0.489. The topological polar surface area (TPSA) is 111 Å². The van der Waals surface area contributed by atoms with Crippen molar-refractivity contribution in [1.82, 2.24) is 5.32 Å². The predicted octanol–water partition coefficient (Wildman–Crippen LogP) is 3.16. The van der Waals surface area contributed by atoms with E-state index in [-0.39, 0.29) is 12.5 Å². The number of carbonyl (C=O) groups excluding carboxylic acids is 4. The Morgan fingerprint density at radius 3 is 2.27 bits per heavy atom. The van der Waals surface area contributed by atoms with Crippen LogP contribution in [0.2, 0.25) is 0 Å². The van der Waals surface area contributed by atoms with Gasteiger partial charge in [0, 0.05) is 5.41 Å². The second kappa shape index (κ2) is 11.1. The van der Waals surface area contributed by atoms with Crippen LogP contribution in [-0.4, -0.2) is 43.0 Å². The van der Waals surface area contributed by atoms with E-state index in [1.54, 1.807) is 27.7 Å². The smallest absolute Gasteiger partial charge is 0.341 e. The third kappa shape index (κ3) is 7.78. The van der Waals surface area contributed by atoms with Crippen LogP contribution in [0.4, 0.5) is 5.00 Å². The summed E-state index contributed by atoms with van der Waals surface area (Å²) in [6.07, 6.45) is 0.667. The molecule has 0 aliphatic heterocycles. The first kappa shape index (κ1) is 25.6. The minimum Gasteiger partial charge on any atom is -0.462 e. The highest BCUT2D eigenvalue weighted by Crippen LogP contribution is 2.31. The Kier molecular flexibility index (Phi) is 9.48. The first-order valence-electron chi connectivity index (χ1n) is 9.91. The molecule has 0 aromatic carbocycles. The highest BCUT2D eigenvalue weighted by atomic mass is 32.1. The van der Waals surface area contributed by atoms with Gasteiger partial charge in [0.1, 0.15) is 11.0 Å². The van der Waals surface area contributed by atoms with Crippen molar-refractivity contribution < 1.29 is 28.7 Å². The fourth-order valence-electron chi connectivity index (χ4n) is 2.40. The van der Waals surface area contributed by atoms with Crippen LogP contribution < -0.4 is 10.6 Å². The van der Waals surface area contributed by atoms with Crippen LogP contribution in [0.3, 0.4) is 0 Å². The van der Waals surface area contributed by atoms with Gasteiger partial charge in [0.05, 0.1) is 12.2 Å². The molecule has 1 unspecified atom stereocenters. The lowest BCUT2D eigenvalue weighted by Crippen LogP contribution is -2.45. The molecule has 0 aliphatic carbocycles. The number of amides is 2. The summed E-state index contributed by atoms with van der Waals surface area (Å²) in [4.78, 5) is 48.6. The van der Waals surface area contributed by atoms with Gasteiger partial charge >= 0.3 is 11.9 Å². The van der Waals surface area contributed by atoms with Crippen LogP contribution in [0.1, 0.15) is 64.4 Å². The predicted molar refractivity (Wildman–Crippen MR) is 115 cm³/mol. The Bertz CT molecular complexity index is 779. The van der Waals surface area contributed by atoms with E-state index < -0.39 is 35.9 Å². The molecular formula is C21H32N2O6S. The molecule has 1 atom stereocenters. The number of anilines is 1. The molecule has 9 heteroatoms. The highest BCUT2D eigenvalue weighted by molar-refractivity contribution is 7.15. The second-order valence-electron chi connectivity index (χ2n) is 8.38. The molecule has 0 fully saturated rings. The normalized spacial score (nSPS) is 12.3. The number of hydrogen-bond donors (Lipinski definition) is 2. The first-order chi connectivity index (χ1) is 13.9. The highest BCUT2D eigenvalue weighted by Gasteiger charge is 2.26. The van der Waals surface area contributed by atoms with E-state index in [9.17, 15) is 19.2 Å². The van der Waals surface area contributed by atoms with Crippen molar-refractivity contribution in [3.63, 3.8) is 0 Å². The second-order valence-corrected chi connectivity index (χ2v) is 9.26. The SMILES string of the molecule is CCOC(=O)c1c(CC(C)C)csc1NC(=O)COC(=O)C(C)NC(=O)C(C)(C)C. The average Bonchev–Trinajstić information content (AvgIpc) is 3.00. The minimum absolute atomic E-state index is 0.221. The number of carbonyl (C=O) groups is 4. The summed E-state index contributed by atoms with van der Waals surface area (Å²) in [6.45, 7) is 12.1. The van der Waals surface area contributed by atoms with Crippen molar-refractivity contribution in [3.05, 3.63) is 16.5 Å². The number of ether oxygens (including phenoxy) is 2. The summed E-state index contributed by atoms with van der Waals surface area (Å²) in [6, 6.07) is -0.890. The molecule has 0 aliphatic rings. The first-order valence-corrected chi connectivity index (χ1v) is 10.8. The summed E-state index contributed by atoms with van der Waals surface area (Å²) < 4.78 is 10.1. The molecular weight excluding hydrogens is 408 g/mol. The van der Waals surface area contributed by atoms with E-state index in [1.807, 2.05) is 19.2 Å². The van der Waals surface area contributed by atoms with Crippen molar-refractivity contribution in [2.24, 2.45) is 11.3 Å². The van der Waals surface area contributed by atoms with E-state index in [0.717, 1.165) is 5.56 Å². The van der Waals surface area contributed by atoms with Crippen molar-refractivity contribution in [3.8, 4) is 0 Å². The third-order valence-electron chi connectivity index (χ3n) is 3.96. The van der Waals surface area contributed by atoms with E-state index in [2.05, 4.69) is 10.6 Å². The molecule has 0 bridgehead atoms. The third-order valence-corrected chi connectivity index (χ3v) is 4.90. The van der Waals surface area contributed by atoms with Crippen LogP contribution in [0.15, 0.2) is 5.38 Å². The maximum atomic E-state index is 12.4. The molecule has 1 rings (SSSR count). The van der Waals surface area contributed by atoms with Crippen LogP contribution in [-0.2, 0) is 30.3 Å². The number of hydrogen-bond acceptors (Lipinski definition) is 7. The summed E-state index contributed by atoms with van der Waals surface area (Å²) in [5.74, 6) is -1.78.